The second-order valence-electron chi connectivity index (χ2n) is 4.87. The van der Waals surface area contributed by atoms with Gasteiger partial charge in [-0.3, -0.25) is 0 Å². The number of aryl methyl sites for hydroxylation is 1. The smallest absolute Gasteiger partial charge is 0.224 e. The van der Waals surface area contributed by atoms with Crippen LogP contribution in [0, 0.1) is 6.92 Å². The van der Waals surface area contributed by atoms with Gasteiger partial charge in [0.25, 0.3) is 0 Å². The minimum atomic E-state index is 0.639. The van der Waals surface area contributed by atoms with E-state index in [4.69, 9.17) is 4.74 Å². The molecule has 0 aliphatic rings. The van der Waals surface area contributed by atoms with Gasteiger partial charge in [-0.1, -0.05) is 19.4 Å². The lowest BCUT2D eigenvalue weighted by Crippen LogP contribution is -2.06. The Morgan fingerprint density at radius 2 is 2.10 bits per heavy atom. The highest BCUT2D eigenvalue weighted by Gasteiger charge is 2.05. The van der Waals surface area contributed by atoms with Gasteiger partial charge in [0, 0.05) is 12.7 Å². The lowest BCUT2D eigenvalue weighted by Gasteiger charge is -2.12. The number of nitrogens with one attached hydrogen (secondary N) is 2. The molecule has 2 aromatic rings. The monoisotopic (exact) mass is 286 g/mol. The van der Waals surface area contributed by atoms with Crippen molar-refractivity contribution in [3.05, 3.63) is 36.0 Å². The van der Waals surface area contributed by atoms with Crippen LogP contribution < -0.4 is 15.4 Å². The summed E-state index contributed by atoms with van der Waals surface area (Å²) in [5.41, 5.74) is 2.06. The van der Waals surface area contributed by atoms with Gasteiger partial charge >= 0.3 is 0 Å². The number of benzene rings is 1. The molecule has 1 heterocycles. The van der Waals surface area contributed by atoms with E-state index in [2.05, 4.69) is 27.5 Å². The summed E-state index contributed by atoms with van der Waals surface area (Å²) in [5.74, 6) is 2.17. The number of nitrogens with zero attached hydrogens (tertiary/aromatic N) is 2. The maximum atomic E-state index is 5.36. The minimum Gasteiger partial charge on any atom is -0.495 e. The molecule has 1 aromatic carbocycles. The third-order valence-corrected chi connectivity index (χ3v) is 3.09. The fraction of sp³-hybridized carbons (Fsp3) is 0.375. The molecule has 5 heteroatoms. The van der Waals surface area contributed by atoms with E-state index >= 15 is 0 Å². The first kappa shape index (κ1) is 15.1. The van der Waals surface area contributed by atoms with Crippen LogP contribution in [0.5, 0.6) is 5.75 Å². The highest BCUT2D eigenvalue weighted by molar-refractivity contribution is 5.65. The van der Waals surface area contributed by atoms with Gasteiger partial charge in [0.15, 0.2) is 0 Å². The first-order chi connectivity index (χ1) is 10.2. The maximum absolute atomic E-state index is 5.36. The Labute approximate surface area is 125 Å². The number of hydrogen-bond acceptors (Lipinski definition) is 5. The summed E-state index contributed by atoms with van der Waals surface area (Å²) in [4.78, 5) is 8.68. The van der Waals surface area contributed by atoms with E-state index in [1.165, 1.54) is 0 Å². The molecule has 0 atom stereocenters. The first-order valence-corrected chi connectivity index (χ1v) is 7.21. The van der Waals surface area contributed by atoms with Gasteiger partial charge in [-0.15, -0.1) is 0 Å². The molecule has 5 nitrogen and oxygen atoms in total. The third-order valence-electron chi connectivity index (χ3n) is 3.09. The van der Waals surface area contributed by atoms with Crippen molar-refractivity contribution in [2.75, 3.05) is 24.3 Å². The summed E-state index contributed by atoms with van der Waals surface area (Å²) >= 11 is 0. The Kier molecular flexibility index (Phi) is 5.37. The number of ether oxygens (including phenoxy) is 1. The largest absolute Gasteiger partial charge is 0.495 e. The maximum Gasteiger partial charge on any atom is 0.224 e. The highest BCUT2D eigenvalue weighted by Crippen LogP contribution is 2.27. The molecule has 21 heavy (non-hydrogen) atoms. The van der Waals surface area contributed by atoms with Crippen molar-refractivity contribution in [3.63, 3.8) is 0 Å². The predicted molar refractivity (Wildman–Crippen MR) is 86.4 cm³/mol. The molecule has 0 bridgehead atoms. The van der Waals surface area contributed by atoms with E-state index < -0.39 is 0 Å². The van der Waals surface area contributed by atoms with Crippen LogP contribution >= 0.6 is 0 Å². The van der Waals surface area contributed by atoms with Crippen LogP contribution in [-0.4, -0.2) is 23.6 Å². The van der Waals surface area contributed by atoms with Crippen molar-refractivity contribution >= 4 is 17.5 Å². The van der Waals surface area contributed by atoms with E-state index in [-0.39, 0.29) is 0 Å². The summed E-state index contributed by atoms with van der Waals surface area (Å²) < 4.78 is 5.36. The molecule has 0 saturated carbocycles. The molecule has 0 aliphatic carbocycles. The van der Waals surface area contributed by atoms with Crippen molar-refractivity contribution in [2.45, 2.75) is 26.7 Å². The second kappa shape index (κ2) is 7.47. The fourth-order valence-corrected chi connectivity index (χ4v) is 1.95. The molecule has 0 aliphatic heterocycles. The average Bonchev–Trinajstić information content (AvgIpc) is 2.48. The molecule has 1 aromatic heterocycles. The fourth-order valence-electron chi connectivity index (χ4n) is 1.95. The highest BCUT2D eigenvalue weighted by atomic mass is 16.5. The standard InChI is InChI=1S/C16H22N4O/c1-4-5-9-17-16-18-10-8-15(20-16)19-13-11-12(2)6-7-14(13)21-3/h6-8,10-11H,4-5,9H2,1-3H3,(H2,17,18,19,20). The zero-order valence-corrected chi connectivity index (χ0v) is 12.8. The van der Waals surface area contributed by atoms with Gasteiger partial charge < -0.3 is 15.4 Å². The van der Waals surface area contributed by atoms with Gasteiger partial charge in [-0.25, -0.2) is 4.98 Å². The Balaban J connectivity index is 2.12. The van der Waals surface area contributed by atoms with Gasteiger partial charge in [0.05, 0.1) is 12.8 Å². The summed E-state index contributed by atoms with van der Waals surface area (Å²) in [7, 11) is 1.66. The van der Waals surface area contributed by atoms with E-state index in [9.17, 15) is 0 Å². The zero-order valence-electron chi connectivity index (χ0n) is 12.8. The summed E-state index contributed by atoms with van der Waals surface area (Å²) in [6.45, 7) is 5.08. The molecule has 2 rings (SSSR count). The van der Waals surface area contributed by atoms with Crippen LogP contribution in [0.4, 0.5) is 17.5 Å². The summed E-state index contributed by atoms with van der Waals surface area (Å²) in [5, 5.41) is 6.50. The Hall–Kier alpha value is -2.30. The molecule has 0 amide bonds. The zero-order chi connectivity index (χ0) is 15.1. The van der Waals surface area contributed by atoms with Gasteiger partial charge in [0.2, 0.25) is 5.95 Å². The first-order valence-electron chi connectivity index (χ1n) is 7.21. The van der Waals surface area contributed by atoms with E-state index in [0.717, 1.165) is 42.2 Å². The predicted octanol–water partition coefficient (Wildman–Crippen LogP) is 3.75. The molecule has 0 radical (unpaired) electrons. The third kappa shape index (κ3) is 4.34. The van der Waals surface area contributed by atoms with E-state index in [0.29, 0.717) is 5.95 Å². The van der Waals surface area contributed by atoms with E-state index in [1.807, 2.05) is 31.2 Å². The Bertz CT molecular complexity index is 586. The van der Waals surface area contributed by atoms with Gasteiger partial charge in [-0.2, -0.15) is 4.98 Å². The number of anilines is 3. The molecule has 112 valence electrons. The SMILES string of the molecule is CCCCNc1nccc(Nc2cc(C)ccc2OC)n1. The number of aromatic nitrogens is 2. The molecule has 0 saturated heterocycles. The lowest BCUT2D eigenvalue weighted by atomic mass is 10.2. The summed E-state index contributed by atoms with van der Waals surface area (Å²) in [6.07, 6.45) is 3.99. The average molecular weight is 286 g/mol. The Morgan fingerprint density at radius 1 is 1.24 bits per heavy atom. The van der Waals surface area contributed by atoms with Crippen LogP contribution in [-0.2, 0) is 0 Å². The molecule has 0 fully saturated rings. The number of methoxy groups -OCH3 is 1. The lowest BCUT2D eigenvalue weighted by molar-refractivity contribution is 0.416. The van der Waals surface area contributed by atoms with Gasteiger partial charge in [-0.05, 0) is 37.1 Å². The van der Waals surface area contributed by atoms with Crippen molar-refractivity contribution < 1.29 is 4.74 Å². The van der Waals surface area contributed by atoms with Crippen molar-refractivity contribution in [2.24, 2.45) is 0 Å². The van der Waals surface area contributed by atoms with Crippen molar-refractivity contribution in [1.82, 2.24) is 9.97 Å². The quantitative estimate of drug-likeness (QED) is 0.759. The van der Waals surface area contributed by atoms with Crippen LogP contribution in [0.1, 0.15) is 25.3 Å². The number of rotatable bonds is 7. The molecular weight excluding hydrogens is 264 g/mol. The van der Waals surface area contributed by atoms with E-state index in [1.54, 1.807) is 13.3 Å². The van der Waals surface area contributed by atoms with Crippen LogP contribution in [0.15, 0.2) is 30.5 Å². The summed E-state index contributed by atoms with van der Waals surface area (Å²) in [6, 6.07) is 7.83. The second-order valence-corrected chi connectivity index (χ2v) is 4.87. The topological polar surface area (TPSA) is 59.1 Å². The minimum absolute atomic E-state index is 0.639. The van der Waals surface area contributed by atoms with Crippen molar-refractivity contribution in [3.8, 4) is 5.75 Å². The van der Waals surface area contributed by atoms with Crippen LogP contribution in [0.3, 0.4) is 0 Å². The van der Waals surface area contributed by atoms with Crippen LogP contribution in [0.2, 0.25) is 0 Å². The van der Waals surface area contributed by atoms with Gasteiger partial charge in [0.1, 0.15) is 11.6 Å². The molecule has 0 spiro atoms. The normalized spacial score (nSPS) is 10.2. The van der Waals surface area contributed by atoms with Crippen molar-refractivity contribution in [1.29, 1.82) is 0 Å². The molecule has 2 N–H and O–H groups in total. The number of unbranched alkanes of at least 4 members (excludes halogenated alkanes) is 1. The molecule has 0 unspecified atom stereocenters. The van der Waals surface area contributed by atoms with Crippen LogP contribution in [0.25, 0.3) is 0 Å². The molecular formula is C16H22N4O. The Morgan fingerprint density at radius 3 is 2.86 bits per heavy atom. The number of hydrogen-bond donors (Lipinski definition) is 2.